The molecule has 8 nitrogen and oxygen atoms in total. The Labute approximate surface area is 224 Å². The minimum Gasteiger partial charge on any atom is -0.465 e. The highest BCUT2D eigenvalue weighted by atomic mass is 35.5. The summed E-state index contributed by atoms with van der Waals surface area (Å²) >= 11 is 1.40. The molecule has 3 heterocycles. The number of ether oxygens (including phenoxy) is 1. The van der Waals surface area contributed by atoms with Crippen LogP contribution in [0.5, 0.6) is 0 Å². The lowest BCUT2D eigenvalue weighted by molar-refractivity contribution is -0.121. The third kappa shape index (κ3) is 5.44. The first-order chi connectivity index (χ1) is 17.4. The van der Waals surface area contributed by atoms with Crippen LogP contribution in [0.15, 0.2) is 54.6 Å². The van der Waals surface area contributed by atoms with Gasteiger partial charge in [0, 0.05) is 42.9 Å². The Hall–Kier alpha value is -3.53. The zero-order chi connectivity index (χ0) is 25.2. The molecule has 0 saturated carbocycles. The predicted octanol–water partition coefficient (Wildman–Crippen LogP) is 4.42. The van der Waals surface area contributed by atoms with Gasteiger partial charge in [-0.3, -0.25) is 24.2 Å². The number of imide groups is 1. The lowest BCUT2D eigenvalue weighted by Gasteiger charge is -2.27. The second-order valence-electron chi connectivity index (χ2n) is 8.77. The third-order valence-corrected chi connectivity index (χ3v) is 7.57. The van der Waals surface area contributed by atoms with E-state index in [1.807, 2.05) is 18.2 Å². The van der Waals surface area contributed by atoms with E-state index in [2.05, 4.69) is 22.3 Å². The van der Waals surface area contributed by atoms with Crippen molar-refractivity contribution >= 4 is 58.1 Å². The minimum absolute atomic E-state index is 0. The van der Waals surface area contributed by atoms with Crippen LogP contribution < -0.4 is 10.2 Å². The number of rotatable bonds is 6. The van der Waals surface area contributed by atoms with Crippen molar-refractivity contribution in [3.05, 3.63) is 81.7 Å². The van der Waals surface area contributed by atoms with Gasteiger partial charge in [0.15, 0.2) is 0 Å². The number of amides is 3. The molecule has 0 bridgehead atoms. The van der Waals surface area contributed by atoms with E-state index >= 15 is 0 Å². The largest absolute Gasteiger partial charge is 0.465 e. The number of methoxy groups -OCH3 is 1. The van der Waals surface area contributed by atoms with Gasteiger partial charge in [-0.1, -0.05) is 30.3 Å². The fourth-order valence-corrected chi connectivity index (χ4v) is 5.91. The summed E-state index contributed by atoms with van der Waals surface area (Å²) < 4.78 is 5.04. The molecule has 0 radical (unpaired) electrons. The number of hydrogen-bond acceptors (Lipinski definition) is 7. The van der Waals surface area contributed by atoms with Crippen LogP contribution in [0.1, 0.15) is 49.6 Å². The van der Waals surface area contributed by atoms with Crippen molar-refractivity contribution in [1.82, 2.24) is 4.90 Å². The zero-order valence-electron chi connectivity index (χ0n) is 20.2. The molecule has 2 aromatic carbocycles. The molecule has 0 unspecified atom stereocenters. The minimum atomic E-state index is -0.472. The molecule has 0 atom stereocenters. The highest BCUT2D eigenvalue weighted by molar-refractivity contribution is 7.17. The molecule has 3 amide bonds. The van der Waals surface area contributed by atoms with Gasteiger partial charge in [0.05, 0.1) is 18.4 Å². The number of benzene rings is 2. The number of nitrogens with one attached hydrogen (secondary N) is 1. The van der Waals surface area contributed by atoms with Gasteiger partial charge >= 0.3 is 5.97 Å². The number of anilines is 2. The van der Waals surface area contributed by atoms with Crippen LogP contribution in [-0.4, -0.2) is 42.2 Å². The highest BCUT2D eigenvalue weighted by Gasteiger charge is 2.31. The normalized spacial score (nSPS) is 15.2. The quantitative estimate of drug-likeness (QED) is 0.368. The average Bonchev–Trinajstić information content (AvgIpc) is 3.42. The lowest BCUT2D eigenvalue weighted by Crippen LogP contribution is -2.29. The summed E-state index contributed by atoms with van der Waals surface area (Å²) in [5.41, 5.74) is 3.35. The van der Waals surface area contributed by atoms with Crippen molar-refractivity contribution in [1.29, 1.82) is 0 Å². The Balaban J connectivity index is 0.00000320. The van der Waals surface area contributed by atoms with Gasteiger partial charge in [-0.15, -0.1) is 23.7 Å². The number of nitrogens with zero attached hydrogens (tertiary/aromatic N) is 2. The highest BCUT2D eigenvalue weighted by Crippen LogP contribution is 2.38. The van der Waals surface area contributed by atoms with Gasteiger partial charge in [0.2, 0.25) is 11.8 Å². The van der Waals surface area contributed by atoms with Crippen LogP contribution in [0.3, 0.4) is 0 Å². The fourth-order valence-electron chi connectivity index (χ4n) is 4.64. The molecular weight excluding hydrogens is 514 g/mol. The third-order valence-electron chi connectivity index (χ3n) is 6.44. The molecule has 1 fully saturated rings. The predicted molar refractivity (Wildman–Crippen MR) is 143 cm³/mol. The van der Waals surface area contributed by atoms with E-state index in [0.717, 1.165) is 28.4 Å². The Morgan fingerprint density at radius 2 is 1.65 bits per heavy atom. The van der Waals surface area contributed by atoms with E-state index in [1.165, 1.54) is 24.0 Å². The average molecular weight is 540 g/mol. The topological polar surface area (TPSA) is 96.0 Å². The van der Waals surface area contributed by atoms with Gasteiger partial charge in [-0.05, 0) is 41.8 Å². The molecule has 10 heteroatoms. The van der Waals surface area contributed by atoms with Crippen LogP contribution in [-0.2, 0) is 33.8 Å². The second kappa shape index (κ2) is 11.2. The molecule has 2 aliphatic rings. The number of thiophene rings is 1. The van der Waals surface area contributed by atoms with E-state index in [1.54, 1.807) is 24.3 Å². The molecular formula is C27H26ClN3O5S. The maximum Gasteiger partial charge on any atom is 0.341 e. The van der Waals surface area contributed by atoms with Crippen LogP contribution in [0.25, 0.3) is 0 Å². The summed E-state index contributed by atoms with van der Waals surface area (Å²) in [6.45, 7) is 2.29. The van der Waals surface area contributed by atoms with Gasteiger partial charge in [-0.2, -0.15) is 0 Å². The number of carbonyl (C=O) groups is 4. The van der Waals surface area contributed by atoms with E-state index in [0.29, 0.717) is 34.8 Å². The lowest BCUT2D eigenvalue weighted by atomic mass is 10.0. The van der Waals surface area contributed by atoms with Crippen molar-refractivity contribution in [2.45, 2.75) is 32.4 Å². The van der Waals surface area contributed by atoms with Crippen molar-refractivity contribution in [3.8, 4) is 0 Å². The molecule has 3 aromatic rings. The first kappa shape index (κ1) is 26.5. The van der Waals surface area contributed by atoms with Crippen LogP contribution in [0.2, 0.25) is 0 Å². The van der Waals surface area contributed by atoms with Crippen molar-refractivity contribution in [2.75, 3.05) is 23.9 Å². The number of esters is 1. The van der Waals surface area contributed by atoms with Gasteiger partial charge < -0.3 is 10.1 Å². The second-order valence-corrected chi connectivity index (χ2v) is 9.87. The van der Waals surface area contributed by atoms with Gasteiger partial charge in [-0.25, -0.2) is 4.79 Å². The first-order valence-electron chi connectivity index (χ1n) is 11.7. The summed E-state index contributed by atoms with van der Waals surface area (Å²) in [6, 6.07) is 16.5. The van der Waals surface area contributed by atoms with E-state index in [9.17, 15) is 19.2 Å². The van der Waals surface area contributed by atoms with Crippen molar-refractivity contribution in [3.63, 3.8) is 0 Å². The summed E-state index contributed by atoms with van der Waals surface area (Å²) in [7, 11) is 1.34. The number of fused-ring (bicyclic) bond motifs is 1. The Bertz CT molecular complexity index is 1320. The maximum absolute atomic E-state index is 13.0. The van der Waals surface area contributed by atoms with Gasteiger partial charge in [0.25, 0.3) is 5.91 Å². The number of hydrogen-bond donors (Lipinski definition) is 1. The van der Waals surface area contributed by atoms with Crippen LogP contribution in [0, 0.1) is 0 Å². The maximum atomic E-state index is 13.0. The van der Waals surface area contributed by atoms with E-state index < -0.39 is 5.97 Å². The fraction of sp³-hybridized carbons (Fsp3) is 0.259. The Morgan fingerprint density at radius 1 is 0.973 bits per heavy atom. The summed E-state index contributed by atoms with van der Waals surface area (Å²) in [4.78, 5) is 54.2. The molecule has 192 valence electrons. The Morgan fingerprint density at radius 3 is 2.30 bits per heavy atom. The monoisotopic (exact) mass is 539 g/mol. The van der Waals surface area contributed by atoms with Crippen molar-refractivity contribution in [2.24, 2.45) is 0 Å². The molecule has 5 rings (SSSR count). The SMILES string of the molecule is COC(=O)c1c(NC(=O)c2ccc(N3C(=O)CCC3=O)cc2)sc2c1CCN(Cc1ccccc1)C2.Cl. The summed E-state index contributed by atoms with van der Waals surface area (Å²) in [6.07, 6.45) is 1.08. The number of carbonyl (C=O) groups excluding carboxylic acids is 4. The molecule has 0 spiro atoms. The molecule has 2 aliphatic heterocycles. The van der Waals surface area contributed by atoms with Crippen molar-refractivity contribution < 1.29 is 23.9 Å². The first-order valence-corrected chi connectivity index (χ1v) is 12.5. The van der Waals surface area contributed by atoms with Gasteiger partial charge in [0.1, 0.15) is 5.00 Å². The van der Waals surface area contributed by atoms with Crippen LogP contribution in [0.4, 0.5) is 10.7 Å². The smallest absolute Gasteiger partial charge is 0.341 e. The summed E-state index contributed by atoms with van der Waals surface area (Å²) in [5.74, 6) is -1.35. The molecule has 37 heavy (non-hydrogen) atoms. The van der Waals surface area contributed by atoms with E-state index in [4.69, 9.17) is 4.74 Å². The number of halogens is 1. The summed E-state index contributed by atoms with van der Waals surface area (Å²) in [5, 5.41) is 3.35. The molecule has 0 aliphatic carbocycles. The zero-order valence-corrected chi connectivity index (χ0v) is 21.8. The molecule has 1 aromatic heterocycles. The van der Waals surface area contributed by atoms with Crippen LogP contribution >= 0.6 is 23.7 Å². The standard InChI is InChI=1S/C27H25N3O5S.ClH/c1-35-27(34)24-20-13-14-29(15-17-5-3-2-4-6-17)16-21(20)36-26(24)28-25(33)18-7-9-19(10-8-18)30-22(31)11-12-23(30)32;/h2-10H,11-16H2,1H3,(H,28,33);1H. The molecule has 1 N–H and O–H groups in total. The Kier molecular flexibility index (Phi) is 8.06. The molecule has 1 saturated heterocycles. The van der Waals surface area contributed by atoms with E-state index in [-0.39, 0.29) is 43.0 Å².